The van der Waals surface area contributed by atoms with Gasteiger partial charge < -0.3 is 5.73 Å². The zero-order chi connectivity index (χ0) is 10.8. The highest BCUT2D eigenvalue weighted by molar-refractivity contribution is 6.29. The van der Waals surface area contributed by atoms with Crippen molar-refractivity contribution in [2.75, 3.05) is 6.54 Å². The molecule has 0 aliphatic rings. The summed E-state index contributed by atoms with van der Waals surface area (Å²) in [5.74, 6) is 0.422. The van der Waals surface area contributed by atoms with Gasteiger partial charge in [0.25, 0.3) is 0 Å². The van der Waals surface area contributed by atoms with E-state index in [1.54, 1.807) is 10.6 Å². The highest BCUT2D eigenvalue weighted by atomic mass is 35.5. The predicted molar refractivity (Wildman–Crippen MR) is 59.9 cm³/mol. The van der Waals surface area contributed by atoms with E-state index in [9.17, 15) is 0 Å². The Morgan fingerprint density at radius 1 is 1.53 bits per heavy atom. The number of aromatic nitrogens is 3. The second kappa shape index (κ2) is 4.16. The lowest BCUT2D eigenvalue weighted by Gasteiger charge is -2.06. The lowest BCUT2D eigenvalue weighted by Crippen LogP contribution is -2.14. The molecule has 0 aliphatic carbocycles. The molecule has 2 aromatic heterocycles. The van der Waals surface area contributed by atoms with Crippen LogP contribution in [0.25, 0.3) is 5.65 Å². The van der Waals surface area contributed by atoms with Crippen molar-refractivity contribution in [1.82, 2.24) is 14.6 Å². The maximum absolute atomic E-state index is 5.83. The lowest BCUT2D eigenvalue weighted by atomic mass is 10.1. The summed E-state index contributed by atoms with van der Waals surface area (Å²) in [6.45, 7) is 2.76. The molecular weight excluding hydrogens is 212 g/mol. The van der Waals surface area contributed by atoms with Gasteiger partial charge in [0.1, 0.15) is 5.15 Å². The van der Waals surface area contributed by atoms with Gasteiger partial charge in [-0.2, -0.15) is 5.10 Å². The number of hydrogen-bond acceptors (Lipinski definition) is 3. The standard InChI is InChI=1S/C10H13ClN4/c1-7(5-12)4-8-6-13-10-3-2-9(11)14-15(8)10/h2-3,6-7H,4-5,12H2,1H3. The first-order valence-electron chi connectivity index (χ1n) is 4.90. The number of fused-ring (bicyclic) bond motifs is 1. The Labute approximate surface area is 93.1 Å². The fourth-order valence-electron chi connectivity index (χ4n) is 1.48. The van der Waals surface area contributed by atoms with Crippen LogP contribution in [0.3, 0.4) is 0 Å². The van der Waals surface area contributed by atoms with Crippen LogP contribution in [0.4, 0.5) is 0 Å². The SMILES string of the molecule is CC(CN)Cc1cnc2ccc(Cl)nn12. The van der Waals surface area contributed by atoms with Crippen molar-refractivity contribution >= 4 is 17.2 Å². The zero-order valence-corrected chi connectivity index (χ0v) is 9.28. The van der Waals surface area contributed by atoms with Gasteiger partial charge in [0, 0.05) is 0 Å². The fourth-order valence-corrected chi connectivity index (χ4v) is 1.62. The number of hydrogen-bond donors (Lipinski definition) is 1. The Hall–Kier alpha value is -1.13. The largest absolute Gasteiger partial charge is 0.330 e. The van der Waals surface area contributed by atoms with Gasteiger partial charge >= 0.3 is 0 Å². The van der Waals surface area contributed by atoms with Gasteiger partial charge in [-0.1, -0.05) is 18.5 Å². The van der Waals surface area contributed by atoms with Crippen LogP contribution in [0.5, 0.6) is 0 Å². The van der Waals surface area contributed by atoms with E-state index in [1.165, 1.54) is 0 Å². The van der Waals surface area contributed by atoms with E-state index in [0.29, 0.717) is 17.6 Å². The molecule has 4 nitrogen and oxygen atoms in total. The van der Waals surface area contributed by atoms with Gasteiger partial charge in [-0.3, -0.25) is 0 Å². The molecule has 0 saturated heterocycles. The minimum Gasteiger partial charge on any atom is -0.330 e. The molecule has 2 aromatic rings. The van der Waals surface area contributed by atoms with Crippen LogP contribution in [0.2, 0.25) is 5.15 Å². The Balaban J connectivity index is 2.39. The summed E-state index contributed by atoms with van der Waals surface area (Å²) in [4.78, 5) is 4.25. The van der Waals surface area contributed by atoms with Crippen LogP contribution >= 0.6 is 11.6 Å². The summed E-state index contributed by atoms with van der Waals surface area (Å²) in [7, 11) is 0. The number of nitrogens with two attached hydrogens (primary N) is 1. The van der Waals surface area contributed by atoms with Crippen molar-refractivity contribution in [1.29, 1.82) is 0 Å². The molecule has 1 unspecified atom stereocenters. The molecule has 0 spiro atoms. The number of rotatable bonds is 3. The molecule has 2 heterocycles. The molecule has 0 fully saturated rings. The van der Waals surface area contributed by atoms with E-state index < -0.39 is 0 Å². The first kappa shape index (κ1) is 10.4. The van der Waals surface area contributed by atoms with E-state index >= 15 is 0 Å². The first-order valence-corrected chi connectivity index (χ1v) is 5.27. The smallest absolute Gasteiger partial charge is 0.153 e. The molecule has 0 aromatic carbocycles. The molecule has 0 radical (unpaired) electrons. The summed E-state index contributed by atoms with van der Waals surface area (Å²) in [6, 6.07) is 3.59. The maximum Gasteiger partial charge on any atom is 0.153 e. The molecule has 0 aliphatic heterocycles. The Morgan fingerprint density at radius 2 is 2.33 bits per heavy atom. The Morgan fingerprint density at radius 3 is 3.07 bits per heavy atom. The minimum atomic E-state index is 0.422. The van der Waals surface area contributed by atoms with Crippen LogP contribution in [0, 0.1) is 5.92 Å². The van der Waals surface area contributed by atoms with Crippen molar-refractivity contribution in [3.63, 3.8) is 0 Å². The average molecular weight is 225 g/mol. The summed E-state index contributed by atoms with van der Waals surface area (Å²) in [5.41, 5.74) is 7.45. The summed E-state index contributed by atoms with van der Waals surface area (Å²) in [6.07, 6.45) is 2.69. The molecule has 0 amide bonds. The lowest BCUT2D eigenvalue weighted by molar-refractivity contribution is 0.575. The monoisotopic (exact) mass is 224 g/mol. The van der Waals surface area contributed by atoms with Gasteiger partial charge in [-0.15, -0.1) is 0 Å². The minimum absolute atomic E-state index is 0.422. The normalized spacial score (nSPS) is 13.3. The molecule has 15 heavy (non-hydrogen) atoms. The number of imidazole rings is 1. The third-order valence-corrected chi connectivity index (χ3v) is 2.56. The van der Waals surface area contributed by atoms with E-state index in [4.69, 9.17) is 17.3 Å². The molecule has 2 rings (SSSR count). The topological polar surface area (TPSA) is 56.2 Å². The Kier molecular flexibility index (Phi) is 2.88. The van der Waals surface area contributed by atoms with E-state index in [0.717, 1.165) is 17.8 Å². The molecule has 0 saturated carbocycles. The van der Waals surface area contributed by atoms with Gasteiger partial charge in [-0.25, -0.2) is 9.50 Å². The quantitative estimate of drug-likeness (QED) is 0.860. The molecule has 0 bridgehead atoms. The maximum atomic E-state index is 5.83. The molecule has 2 N–H and O–H groups in total. The zero-order valence-electron chi connectivity index (χ0n) is 8.52. The van der Waals surface area contributed by atoms with Crippen molar-refractivity contribution < 1.29 is 0 Å². The second-order valence-corrected chi connectivity index (χ2v) is 4.11. The fraction of sp³-hybridized carbons (Fsp3) is 0.400. The van der Waals surface area contributed by atoms with Crippen molar-refractivity contribution in [2.24, 2.45) is 11.7 Å². The number of nitrogens with zero attached hydrogens (tertiary/aromatic N) is 3. The predicted octanol–water partition coefficient (Wildman–Crippen LogP) is 1.52. The number of halogens is 1. The van der Waals surface area contributed by atoms with Crippen LogP contribution in [0.1, 0.15) is 12.6 Å². The molecule has 1 atom stereocenters. The average Bonchev–Trinajstić information content (AvgIpc) is 2.61. The van der Waals surface area contributed by atoms with Crippen molar-refractivity contribution in [2.45, 2.75) is 13.3 Å². The molecule has 80 valence electrons. The second-order valence-electron chi connectivity index (χ2n) is 3.72. The van der Waals surface area contributed by atoms with Gasteiger partial charge in [-0.05, 0) is 31.0 Å². The van der Waals surface area contributed by atoms with Gasteiger partial charge in [0.05, 0.1) is 11.9 Å². The summed E-state index contributed by atoms with van der Waals surface area (Å²) in [5, 5.41) is 4.68. The van der Waals surface area contributed by atoms with Gasteiger partial charge in [0.2, 0.25) is 0 Å². The van der Waals surface area contributed by atoms with Crippen molar-refractivity contribution in [3.05, 3.63) is 29.2 Å². The summed E-state index contributed by atoms with van der Waals surface area (Å²) >= 11 is 5.83. The highest BCUT2D eigenvalue weighted by Gasteiger charge is 2.08. The van der Waals surface area contributed by atoms with E-state index in [1.807, 2.05) is 12.3 Å². The summed E-state index contributed by atoms with van der Waals surface area (Å²) < 4.78 is 1.77. The van der Waals surface area contributed by atoms with E-state index in [2.05, 4.69) is 17.0 Å². The van der Waals surface area contributed by atoms with Crippen LogP contribution in [-0.2, 0) is 6.42 Å². The van der Waals surface area contributed by atoms with Gasteiger partial charge in [0.15, 0.2) is 5.65 Å². The molecule has 5 heteroatoms. The van der Waals surface area contributed by atoms with Crippen LogP contribution in [0.15, 0.2) is 18.3 Å². The highest BCUT2D eigenvalue weighted by Crippen LogP contribution is 2.12. The third kappa shape index (κ3) is 2.11. The Bertz CT molecular complexity index is 465. The third-order valence-electron chi connectivity index (χ3n) is 2.36. The van der Waals surface area contributed by atoms with Crippen LogP contribution < -0.4 is 5.73 Å². The van der Waals surface area contributed by atoms with E-state index in [-0.39, 0.29) is 0 Å². The first-order chi connectivity index (χ1) is 7.20. The molecular formula is C10H13ClN4. The van der Waals surface area contributed by atoms with Crippen molar-refractivity contribution in [3.8, 4) is 0 Å². The van der Waals surface area contributed by atoms with Crippen LogP contribution in [-0.4, -0.2) is 21.1 Å².